The largest absolute Gasteiger partial charge is 0.374 e. The number of fused-ring (bicyclic) bond motifs is 2. The number of benzene rings is 2. The van der Waals surface area contributed by atoms with Crippen LogP contribution in [0.1, 0.15) is 22.7 Å². The van der Waals surface area contributed by atoms with E-state index in [2.05, 4.69) is 21.5 Å². The molecule has 6 nitrogen and oxygen atoms in total. The SMILES string of the molecule is N#Cc1ccc(C2Nc3ccccc3-c3nc(N)nn4ccc2c34)cc1. The van der Waals surface area contributed by atoms with Crippen LogP contribution in [0.15, 0.2) is 60.8 Å². The molecule has 2 aromatic heterocycles. The average molecular weight is 338 g/mol. The number of nitrogens with zero attached hydrogens (tertiary/aromatic N) is 4. The van der Waals surface area contributed by atoms with Gasteiger partial charge in [0.15, 0.2) is 0 Å². The Morgan fingerprint density at radius 2 is 1.88 bits per heavy atom. The molecule has 1 aliphatic rings. The third-order valence-corrected chi connectivity index (χ3v) is 4.72. The van der Waals surface area contributed by atoms with E-state index in [1.165, 1.54) is 0 Å². The van der Waals surface area contributed by atoms with E-state index < -0.39 is 0 Å². The Morgan fingerprint density at radius 3 is 2.69 bits per heavy atom. The zero-order valence-electron chi connectivity index (χ0n) is 13.7. The Balaban J connectivity index is 1.81. The minimum Gasteiger partial charge on any atom is -0.374 e. The summed E-state index contributed by atoms with van der Waals surface area (Å²) in [5.74, 6) is 0.237. The molecule has 0 radical (unpaired) electrons. The number of anilines is 2. The summed E-state index contributed by atoms with van der Waals surface area (Å²) in [5, 5.41) is 17.0. The molecule has 0 aliphatic carbocycles. The zero-order valence-corrected chi connectivity index (χ0v) is 13.7. The Morgan fingerprint density at radius 1 is 1.08 bits per heavy atom. The maximum atomic E-state index is 9.06. The predicted molar refractivity (Wildman–Crippen MR) is 99.5 cm³/mol. The first-order valence-electron chi connectivity index (χ1n) is 8.25. The van der Waals surface area contributed by atoms with Gasteiger partial charge in [-0.3, -0.25) is 0 Å². The number of nitrogens with one attached hydrogen (secondary N) is 1. The van der Waals surface area contributed by atoms with Gasteiger partial charge in [0, 0.05) is 23.0 Å². The molecule has 2 aromatic carbocycles. The molecule has 1 unspecified atom stereocenters. The minimum absolute atomic E-state index is 0.0811. The van der Waals surface area contributed by atoms with Crippen LogP contribution in [-0.2, 0) is 0 Å². The lowest BCUT2D eigenvalue weighted by molar-refractivity contribution is 0.911. The van der Waals surface area contributed by atoms with Crippen molar-refractivity contribution >= 4 is 17.2 Å². The summed E-state index contributed by atoms with van der Waals surface area (Å²) in [5.41, 5.74) is 12.4. The molecule has 0 fully saturated rings. The number of para-hydroxylation sites is 1. The second kappa shape index (κ2) is 5.33. The van der Waals surface area contributed by atoms with E-state index in [4.69, 9.17) is 11.0 Å². The summed E-state index contributed by atoms with van der Waals surface area (Å²) in [4.78, 5) is 4.52. The quantitative estimate of drug-likeness (QED) is 0.555. The zero-order chi connectivity index (χ0) is 17.7. The lowest BCUT2D eigenvalue weighted by atomic mass is 9.99. The third kappa shape index (κ3) is 2.04. The molecule has 4 aromatic rings. The molecule has 0 saturated heterocycles. The smallest absolute Gasteiger partial charge is 0.238 e. The highest BCUT2D eigenvalue weighted by atomic mass is 15.3. The van der Waals surface area contributed by atoms with Gasteiger partial charge in [0.2, 0.25) is 5.95 Å². The summed E-state index contributed by atoms with van der Waals surface area (Å²) >= 11 is 0. The lowest BCUT2D eigenvalue weighted by Gasteiger charge is -2.19. The van der Waals surface area contributed by atoms with Crippen molar-refractivity contribution in [2.75, 3.05) is 11.1 Å². The lowest BCUT2D eigenvalue weighted by Crippen LogP contribution is -2.11. The average Bonchev–Trinajstić information content (AvgIpc) is 3.03. The van der Waals surface area contributed by atoms with Crippen LogP contribution in [-0.4, -0.2) is 14.6 Å². The highest BCUT2D eigenvalue weighted by Crippen LogP contribution is 2.41. The molecular weight excluding hydrogens is 324 g/mol. The molecule has 1 aliphatic heterocycles. The van der Waals surface area contributed by atoms with E-state index in [1.54, 1.807) is 4.52 Å². The van der Waals surface area contributed by atoms with Crippen LogP contribution in [0.5, 0.6) is 0 Å². The van der Waals surface area contributed by atoms with Crippen LogP contribution in [0.4, 0.5) is 11.6 Å². The molecule has 5 rings (SSSR count). The third-order valence-electron chi connectivity index (χ3n) is 4.72. The van der Waals surface area contributed by atoms with Gasteiger partial charge >= 0.3 is 0 Å². The maximum Gasteiger partial charge on any atom is 0.238 e. The van der Waals surface area contributed by atoms with Gasteiger partial charge in [-0.15, -0.1) is 5.10 Å². The van der Waals surface area contributed by atoms with Gasteiger partial charge in [0.1, 0.15) is 5.69 Å². The van der Waals surface area contributed by atoms with Gasteiger partial charge in [-0.25, -0.2) is 9.50 Å². The van der Waals surface area contributed by atoms with Gasteiger partial charge in [0.25, 0.3) is 0 Å². The minimum atomic E-state index is -0.0811. The molecule has 124 valence electrons. The summed E-state index contributed by atoms with van der Waals surface area (Å²) in [6.07, 6.45) is 1.90. The van der Waals surface area contributed by atoms with Crippen LogP contribution < -0.4 is 11.1 Å². The highest BCUT2D eigenvalue weighted by Gasteiger charge is 2.26. The fourth-order valence-electron chi connectivity index (χ4n) is 3.55. The molecule has 3 heterocycles. The first kappa shape index (κ1) is 14.5. The van der Waals surface area contributed by atoms with Crippen LogP contribution >= 0.6 is 0 Å². The molecular formula is C20H14N6. The first-order valence-corrected chi connectivity index (χ1v) is 8.25. The molecule has 3 N–H and O–H groups in total. The summed E-state index contributed by atoms with van der Waals surface area (Å²) in [6, 6.07) is 19.8. The monoisotopic (exact) mass is 338 g/mol. The van der Waals surface area contributed by atoms with Crippen molar-refractivity contribution in [2.24, 2.45) is 0 Å². The summed E-state index contributed by atoms with van der Waals surface area (Å²) < 4.78 is 1.79. The van der Waals surface area contributed by atoms with Crippen LogP contribution in [0.25, 0.3) is 16.8 Å². The molecule has 0 spiro atoms. The second-order valence-corrected chi connectivity index (χ2v) is 6.24. The first-order chi connectivity index (χ1) is 12.7. The number of rotatable bonds is 1. The van der Waals surface area contributed by atoms with Crippen LogP contribution in [0, 0.1) is 11.3 Å². The van der Waals surface area contributed by atoms with Gasteiger partial charge in [-0.05, 0) is 29.8 Å². The topological polar surface area (TPSA) is 92.0 Å². The van der Waals surface area contributed by atoms with E-state index in [1.807, 2.05) is 60.8 Å². The second-order valence-electron chi connectivity index (χ2n) is 6.24. The van der Waals surface area contributed by atoms with Crippen molar-refractivity contribution < 1.29 is 0 Å². The normalized spacial score (nSPS) is 15.0. The van der Waals surface area contributed by atoms with E-state index in [0.29, 0.717) is 5.56 Å². The van der Waals surface area contributed by atoms with Gasteiger partial charge in [0.05, 0.1) is 23.2 Å². The molecule has 1 atom stereocenters. The van der Waals surface area contributed by atoms with E-state index >= 15 is 0 Å². The van der Waals surface area contributed by atoms with Gasteiger partial charge in [-0.2, -0.15) is 5.26 Å². The van der Waals surface area contributed by atoms with Gasteiger partial charge < -0.3 is 11.1 Å². The molecule has 6 heteroatoms. The number of nitrogens with two attached hydrogens (primary N) is 1. The van der Waals surface area contributed by atoms with Crippen LogP contribution in [0.3, 0.4) is 0 Å². The Kier molecular flexibility index (Phi) is 2.97. The Bertz CT molecular complexity index is 1180. The van der Waals surface area contributed by atoms with Gasteiger partial charge in [-0.1, -0.05) is 30.3 Å². The Hall–Kier alpha value is -3.85. The number of aromatic nitrogens is 3. The van der Waals surface area contributed by atoms with Crippen molar-refractivity contribution in [3.63, 3.8) is 0 Å². The van der Waals surface area contributed by atoms with E-state index in [9.17, 15) is 0 Å². The van der Waals surface area contributed by atoms with Crippen molar-refractivity contribution in [3.05, 3.63) is 77.5 Å². The molecule has 26 heavy (non-hydrogen) atoms. The Labute approximate surface area is 149 Å². The fraction of sp³-hybridized carbons (Fsp3) is 0.0500. The maximum absolute atomic E-state index is 9.06. The van der Waals surface area contributed by atoms with E-state index in [0.717, 1.165) is 33.6 Å². The van der Waals surface area contributed by atoms with Crippen molar-refractivity contribution in [1.82, 2.24) is 14.6 Å². The molecule has 0 saturated carbocycles. The van der Waals surface area contributed by atoms with Crippen molar-refractivity contribution in [3.8, 4) is 17.3 Å². The van der Waals surface area contributed by atoms with Crippen molar-refractivity contribution in [1.29, 1.82) is 5.26 Å². The number of nitriles is 1. The predicted octanol–water partition coefficient (Wildman–Crippen LogP) is 3.37. The number of nitrogen functional groups attached to an aromatic ring is 1. The number of hydrogen-bond acceptors (Lipinski definition) is 5. The van der Waals surface area contributed by atoms with Crippen LogP contribution in [0.2, 0.25) is 0 Å². The van der Waals surface area contributed by atoms with E-state index in [-0.39, 0.29) is 12.0 Å². The summed E-state index contributed by atoms with van der Waals surface area (Å²) in [7, 11) is 0. The summed E-state index contributed by atoms with van der Waals surface area (Å²) in [6.45, 7) is 0. The molecule has 0 bridgehead atoms. The van der Waals surface area contributed by atoms with Crippen molar-refractivity contribution in [2.45, 2.75) is 6.04 Å². The molecule has 0 amide bonds. The standard InChI is InChI=1S/C20H14N6/c21-11-12-5-7-13(8-6-12)17-15-9-10-26-19(15)18(24-20(22)25-26)14-3-1-2-4-16(14)23-17/h1-10,17,23H,(H2,22,25). The number of hydrogen-bond donors (Lipinski definition) is 2. The highest BCUT2D eigenvalue weighted by molar-refractivity contribution is 5.90. The fourth-order valence-corrected chi connectivity index (χ4v) is 3.55.